The van der Waals surface area contributed by atoms with E-state index < -0.39 is 0 Å². The maximum Gasteiger partial charge on any atom is 0.193 e. The molecule has 2 aromatic rings. The molecule has 1 aliphatic heterocycles. The highest BCUT2D eigenvalue weighted by atomic mass is 127. The molecule has 1 saturated heterocycles. The summed E-state index contributed by atoms with van der Waals surface area (Å²) in [5.74, 6) is 2.22. The van der Waals surface area contributed by atoms with Crippen molar-refractivity contribution in [3.8, 4) is 11.5 Å². The normalized spacial score (nSPS) is 20.3. The van der Waals surface area contributed by atoms with Crippen molar-refractivity contribution < 1.29 is 9.47 Å². The van der Waals surface area contributed by atoms with Crippen LogP contribution in [0.15, 0.2) is 40.7 Å². The highest BCUT2D eigenvalue weighted by molar-refractivity contribution is 14.0. The predicted octanol–water partition coefficient (Wildman–Crippen LogP) is 4.19. The number of piperidine rings is 1. The summed E-state index contributed by atoms with van der Waals surface area (Å²) in [7, 11) is 5.43. The molecule has 0 radical (unpaired) electrons. The Kier molecular flexibility index (Phi) is 8.84. The molecule has 1 aromatic heterocycles. The molecule has 2 heterocycles. The van der Waals surface area contributed by atoms with Crippen LogP contribution in [-0.2, 0) is 0 Å². The van der Waals surface area contributed by atoms with E-state index >= 15 is 0 Å². The monoisotopic (exact) mass is 516 g/mol. The molecule has 1 aliphatic rings. The lowest BCUT2D eigenvalue weighted by Crippen LogP contribution is -2.37. The van der Waals surface area contributed by atoms with Crippen molar-refractivity contribution >= 4 is 47.0 Å². The van der Waals surface area contributed by atoms with E-state index in [0.29, 0.717) is 36.0 Å². The number of benzene rings is 1. The average Bonchev–Trinajstić information content (AvgIpc) is 3.20. The van der Waals surface area contributed by atoms with Gasteiger partial charge in [-0.2, -0.15) is 0 Å². The highest BCUT2D eigenvalue weighted by Gasteiger charge is 2.30. The summed E-state index contributed by atoms with van der Waals surface area (Å²) in [5, 5.41) is 5.29. The lowest BCUT2D eigenvalue weighted by atomic mass is 9.88. The number of thiophene rings is 1. The van der Waals surface area contributed by atoms with Gasteiger partial charge in [-0.1, -0.05) is 6.07 Å². The Balaban J connectivity index is 0.00000280. The van der Waals surface area contributed by atoms with Crippen molar-refractivity contribution in [3.05, 3.63) is 40.6 Å². The first-order chi connectivity index (χ1) is 13.1. The number of methoxy groups -OCH3 is 2. The number of nitrogens with one attached hydrogen (secondary N) is 1. The van der Waals surface area contributed by atoms with Gasteiger partial charge in [-0.15, -0.1) is 35.3 Å². The molecule has 3 rings (SSSR count). The second kappa shape index (κ2) is 10.9. The first kappa shape index (κ1) is 22.8. The Hall–Kier alpha value is -1.52. The van der Waals surface area contributed by atoms with Gasteiger partial charge in [0.1, 0.15) is 0 Å². The third-order valence-corrected chi connectivity index (χ3v) is 5.94. The lowest BCUT2D eigenvalue weighted by molar-refractivity contribution is 0.128. The number of hydrogen-bond acceptors (Lipinski definition) is 5. The minimum atomic E-state index is 0. The number of likely N-dealkylation sites (tertiary alicyclic amines) is 1. The summed E-state index contributed by atoms with van der Waals surface area (Å²) in [6.07, 6.45) is 2.36. The zero-order valence-corrected chi connectivity index (χ0v) is 19.7. The summed E-state index contributed by atoms with van der Waals surface area (Å²) in [5.41, 5.74) is 6.96. The van der Waals surface area contributed by atoms with Gasteiger partial charge in [-0.25, -0.2) is 0 Å². The summed E-state index contributed by atoms with van der Waals surface area (Å²) in [6.45, 7) is 1.83. The first-order valence-corrected chi connectivity index (χ1v) is 10.0. The molecule has 0 spiro atoms. The van der Waals surface area contributed by atoms with Crippen molar-refractivity contribution in [1.82, 2.24) is 4.90 Å². The van der Waals surface area contributed by atoms with Gasteiger partial charge in [0, 0.05) is 29.2 Å². The number of ether oxygens (including phenoxy) is 2. The van der Waals surface area contributed by atoms with E-state index in [1.165, 1.54) is 17.7 Å². The summed E-state index contributed by atoms with van der Waals surface area (Å²) in [6, 6.07) is 10.3. The Bertz CT molecular complexity index is 770. The molecule has 0 bridgehead atoms. The van der Waals surface area contributed by atoms with Gasteiger partial charge < -0.3 is 20.5 Å². The van der Waals surface area contributed by atoms with Crippen LogP contribution >= 0.6 is 35.3 Å². The van der Waals surface area contributed by atoms with Gasteiger partial charge in [0.15, 0.2) is 17.5 Å². The van der Waals surface area contributed by atoms with E-state index in [0.717, 1.165) is 12.2 Å². The Morgan fingerprint density at radius 2 is 2.07 bits per heavy atom. The molecule has 8 heteroatoms. The Morgan fingerprint density at radius 3 is 2.75 bits per heavy atom. The third kappa shape index (κ3) is 5.51. The molecule has 2 unspecified atom stereocenters. The average molecular weight is 516 g/mol. The molecule has 3 N–H and O–H groups in total. The Labute approximate surface area is 188 Å². The molecule has 1 aromatic carbocycles. The van der Waals surface area contributed by atoms with Crippen LogP contribution < -0.4 is 20.5 Å². The predicted molar refractivity (Wildman–Crippen MR) is 127 cm³/mol. The van der Waals surface area contributed by atoms with Crippen LogP contribution in [-0.4, -0.2) is 45.2 Å². The van der Waals surface area contributed by atoms with Gasteiger partial charge in [0.05, 0.1) is 14.2 Å². The van der Waals surface area contributed by atoms with E-state index in [-0.39, 0.29) is 24.0 Å². The first-order valence-electron chi connectivity index (χ1n) is 9.15. The molecular weight excluding hydrogens is 487 g/mol. The number of guanidine groups is 1. The van der Waals surface area contributed by atoms with Gasteiger partial charge in [-0.3, -0.25) is 9.89 Å². The second-order valence-electron chi connectivity index (χ2n) is 6.76. The van der Waals surface area contributed by atoms with Crippen LogP contribution in [0, 0.1) is 5.92 Å². The van der Waals surface area contributed by atoms with Crippen LogP contribution in [0.25, 0.3) is 0 Å². The van der Waals surface area contributed by atoms with Gasteiger partial charge >= 0.3 is 0 Å². The summed E-state index contributed by atoms with van der Waals surface area (Å²) >= 11 is 1.82. The van der Waals surface area contributed by atoms with Crippen LogP contribution in [0.2, 0.25) is 0 Å². The fourth-order valence-corrected chi connectivity index (χ4v) is 4.66. The minimum absolute atomic E-state index is 0. The van der Waals surface area contributed by atoms with Crippen molar-refractivity contribution in [2.75, 3.05) is 39.7 Å². The topological polar surface area (TPSA) is 72.1 Å². The van der Waals surface area contributed by atoms with Gasteiger partial charge in [0.25, 0.3) is 0 Å². The third-order valence-electron chi connectivity index (χ3n) is 4.99. The van der Waals surface area contributed by atoms with Crippen molar-refractivity contribution in [3.63, 3.8) is 0 Å². The van der Waals surface area contributed by atoms with E-state index in [9.17, 15) is 0 Å². The minimum Gasteiger partial charge on any atom is -0.493 e. The van der Waals surface area contributed by atoms with E-state index in [1.54, 1.807) is 14.2 Å². The maximum absolute atomic E-state index is 6.14. The molecule has 1 fully saturated rings. The number of aliphatic imine (C=N–C) groups is 1. The number of anilines is 1. The number of halogens is 1. The Morgan fingerprint density at radius 1 is 1.29 bits per heavy atom. The SMILES string of the molecule is COc1ccc(NC(N)=NCC2CCCN(C)C2c2cccs2)cc1OC.I. The highest BCUT2D eigenvalue weighted by Crippen LogP contribution is 2.37. The zero-order valence-electron chi connectivity index (χ0n) is 16.6. The maximum atomic E-state index is 6.14. The fraction of sp³-hybridized carbons (Fsp3) is 0.450. The second-order valence-corrected chi connectivity index (χ2v) is 7.74. The molecule has 0 saturated carbocycles. The van der Waals surface area contributed by atoms with E-state index in [4.69, 9.17) is 15.2 Å². The summed E-state index contributed by atoms with van der Waals surface area (Å²) in [4.78, 5) is 8.47. The van der Waals surface area contributed by atoms with Crippen LogP contribution in [0.3, 0.4) is 0 Å². The van der Waals surface area contributed by atoms with Crippen LogP contribution in [0.1, 0.15) is 23.8 Å². The van der Waals surface area contributed by atoms with Crippen molar-refractivity contribution in [2.24, 2.45) is 16.6 Å². The fourth-order valence-electron chi connectivity index (χ4n) is 3.68. The van der Waals surface area contributed by atoms with E-state index in [1.807, 2.05) is 29.5 Å². The smallest absolute Gasteiger partial charge is 0.193 e. The lowest BCUT2D eigenvalue weighted by Gasteiger charge is -2.38. The number of hydrogen-bond donors (Lipinski definition) is 2. The molecule has 2 atom stereocenters. The molecule has 0 aliphatic carbocycles. The zero-order chi connectivity index (χ0) is 19.2. The molecule has 154 valence electrons. The number of rotatable bonds is 6. The van der Waals surface area contributed by atoms with Crippen molar-refractivity contribution in [1.29, 1.82) is 0 Å². The largest absolute Gasteiger partial charge is 0.493 e. The van der Waals surface area contributed by atoms with Crippen LogP contribution in [0.5, 0.6) is 11.5 Å². The van der Waals surface area contributed by atoms with Gasteiger partial charge in [0.2, 0.25) is 0 Å². The molecule has 6 nitrogen and oxygen atoms in total. The molecule has 0 amide bonds. The van der Waals surface area contributed by atoms with E-state index in [2.05, 4.69) is 39.8 Å². The standard InChI is InChI=1S/C20H28N4O2S.HI/c1-24-10-4-6-14(19(24)18-7-5-11-27-18)13-22-20(21)23-15-8-9-16(25-2)17(12-15)26-3;/h5,7-9,11-12,14,19H,4,6,10,13H2,1-3H3,(H3,21,22,23);1H. The quantitative estimate of drug-likeness (QED) is 0.342. The molecular formula is C20H29IN4O2S. The molecule has 28 heavy (non-hydrogen) atoms. The van der Waals surface area contributed by atoms with Gasteiger partial charge in [-0.05, 0) is 55.9 Å². The van der Waals surface area contributed by atoms with Crippen molar-refractivity contribution in [2.45, 2.75) is 18.9 Å². The van der Waals surface area contributed by atoms with Crippen LogP contribution in [0.4, 0.5) is 5.69 Å². The number of nitrogens with zero attached hydrogens (tertiary/aromatic N) is 2. The number of nitrogens with two attached hydrogens (primary N) is 1. The summed E-state index contributed by atoms with van der Waals surface area (Å²) < 4.78 is 10.6.